The van der Waals surface area contributed by atoms with Crippen molar-refractivity contribution in [2.24, 2.45) is 4.99 Å². The first kappa shape index (κ1) is 19.5. The standard InChI is InChI=1S/C21H25FN6/c1-4-23-21(27(3)15-17-5-8-19(22)9-6-17)26-14-18-7-10-20(25-13-18)28-12-11-24-16(28)2/h5-13H,4,14-15H2,1-3H3,(H,23,26). The first-order valence-electron chi connectivity index (χ1n) is 9.26. The van der Waals surface area contributed by atoms with E-state index in [-0.39, 0.29) is 5.82 Å². The summed E-state index contributed by atoms with van der Waals surface area (Å²) < 4.78 is 15.0. The number of benzene rings is 1. The van der Waals surface area contributed by atoms with Crippen LogP contribution in [0.2, 0.25) is 0 Å². The maximum atomic E-state index is 13.1. The number of pyridine rings is 1. The van der Waals surface area contributed by atoms with Crippen molar-refractivity contribution < 1.29 is 4.39 Å². The summed E-state index contributed by atoms with van der Waals surface area (Å²) in [6.07, 6.45) is 5.49. The number of hydrogen-bond donors (Lipinski definition) is 1. The van der Waals surface area contributed by atoms with Gasteiger partial charge in [-0.3, -0.25) is 4.57 Å². The van der Waals surface area contributed by atoms with Gasteiger partial charge < -0.3 is 10.2 Å². The molecule has 0 aliphatic heterocycles. The van der Waals surface area contributed by atoms with Crippen LogP contribution in [0.4, 0.5) is 4.39 Å². The number of imidazole rings is 1. The number of aryl methyl sites for hydroxylation is 1. The molecule has 3 aromatic rings. The van der Waals surface area contributed by atoms with E-state index in [0.29, 0.717) is 13.1 Å². The second-order valence-corrected chi connectivity index (χ2v) is 6.52. The minimum atomic E-state index is -0.228. The highest BCUT2D eigenvalue weighted by molar-refractivity contribution is 5.79. The van der Waals surface area contributed by atoms with Crippen LogP contribution < -0.4 is 5.32 Å². The van der Waals surface area contributed by atoms with Crippen molar-refractivity contribution in [1.29, 1.82) is 0 Å². The summed E-state index contributed by atoms with van der Waals surface area (Å²) in [4.78, 5) is 15.5. The summed E-state index contributed by atoms with van der Waals surface area (Å²) >= 11 is 0. The molecule has 146 valence electrons. The monoisotopic (exact) mass is 380 g/mol. The SMILES string of the molecule is CCNC(=NCc1ccc(-n2ccnc2C)nc1)N(C)Cc1ccc(F)cc1. The molecule has 6 nitrogen and oxygen atoms in total. The van der Waals surface area contributed by atoms with Crippen LogP contribution in [0.1, 0.15) is 23.9 Å². The Bertz CT molecular complexity index is 915. The highest BCUT2D eigenvalue weighted by Gasteiger charge is 2.07. The highest BCUT2D eigenvalue weighted by atomic mass is 19.1. The van der Waals surface area contributed by atoms with Gasteiger partial charge in [0.25, 0.3) is 0 Å². The second-order valence-electron chi connectivity index (χ2n) is 6.52. The van der Waals surface area contributed by atoms with Gasteiger partial charge >= 0.3 is 0 Å². The lowest BCUT2D eigenvalue weighted by Crippen LogP contribution is -2.38. The molecule has 0 aliphatic carbocycles. The van der Waals surface area contributed by atoms with Gasteiger partial charge in [0.1, 0.15) is 17.5 Å². The molecule has 0 spiro atoms. The predicted molar refractivity (Wildman–Crippen MR) is 109 cm³/mol. The molecule has 0 amide bonds. The second kappa shape index (κ2) is 9.12. The van der Waals surface area contributed by atoms with Crippen molar-refractivity contribution in [1.82, 2.24) is 24.8 Å². The molecule has 0 aliphatic rings. The number of aliphatic imine (C=N–C) groups is 1. The number of rotatable bonds is 6. The largest absolute Gasteiger partial charge is 0.357 e. The van der Waals surface area contributed by atoms with E-state index in [9.17, 15) is 4.39 Å². The molecular formula is C21H25FN6. The van der Waals surface area contributed by atoms with Gasteiger partial charge in [0, 0.05) is 38.7 Å². The highest BCUT2D eigenvalue weighted by Crippen LogP contribution is 2.10. The Morgan fingerprint density at radius 2 is 1.89 bits per heavy atom. The summed E-state index contributed by atoms with van der Waals surface area (Å²) in [5.41, 5.74) is 2.04. The summed E-state index contributed by atoms with van der Waals surface area (Å²) in [6.45, 7) is 5.91. The third-order valence-electron chi connectivity index (χ3n) is 4.32. The van der Waals surface area contributed by atoms with Crippen molar-refractivity contribution in [3.8, 4) is 5.82 Å². The zero-order valence-corrected chi connectivity index (χ0v) is 16.4. The minimum absolute atomic E-state index is 0.228. The molecule has 7 heteroatoms. The number of guanidine groups is 1. The molecule has 1 aromatic carbocycles. The molecule has 0 bridgehead atoms. The Hall–Kier alpha value is -3.22. The zero-order valence-electron chi connectivity index (χ0n) is 16.4. The molecule has 1 N–H and O–H groups in total. The van der Waals surface area contributed by atoms with Gasteiger partial charge in [0.2, 0.25) is 0 Å². The number of aromatic nitrogens is 3. The van der Waals surface area contributed by atoms with E-state index < -0.39 is 0 Å². The lowest BCUT2D eigenvalue weighted by Gasteiger charge is -2.22. The molecule has 0 radical (unpaired) electrons. The molecule has 0 saturated carbocycles. The predicted octanol–water partition coefficient (Wildman–Crippen LogP) is 3.31. The van der Waals surface area contributed by atoms with Gasteiger partial charge in [0.15, 0.2) is 5.96 Å². The molecule has 0 saturated heterocycles. The topological polar surface area (TPSA) is 58.3 Å². The van der Waals surface area contributed by atoms with Crippen LogP contribution in [0.25, 0.3) is 5.82 Å². The van der Waals surface area contributed by atoms with Crippen LogP contribution in [-0.4, -0.2) is 39.0 Å². The Kier molecular flexibility index (Phi) is 6.37. The number of nitrogens with zero attached hydrogens (tertiary/aromatic N) is 5. The van der Waals surface area contributed by atoms with E-state index in [1.54, 1.807) is 18.3 Å². The van der Waals surface area contributed by atoms with E-state index in [2.05, 4.69) is 15.3 Å². The molecule has 28 heavy (non-hydrogen) atoms. The summed E-state index contributed by atoms with van der Waals surface area (Å²) in [7, 11) is 1.97. The Morgan fingerprint density at radius 3 is 2.50 bits per heavy atom. The molecule has 0 fully saturated rings. The fourth-order valence-electron chi connectivity index (χ4n) is 2.85. The molecule has 2 aromatic heterocycles. The van der Waals surface area contributed by atoms with Gasteiger partial charge in [-0.05, 0) is 43.2 Å². The molecule has 2 heterocycles. The van der Waals surface area contributed by atoms with Crippen molar-refractivity contribution in [3.63, 3.8) is 0 Å². The van der Waals surface area contributed by atoms with E-state index in [1.807, 2.05) is 54.9 Å². The number of nitrogens with one attached hydrogen (secondary N) is 1. The first-order valence-corrected chi connectivity index (χ1v) is 9.26. The van der Waals surface area contributed by atoms with Crippen molar-refractivity contribution >= 4 is 5.96 Å². The van der Waals surface area contributed by atoms with Crippen LogP contribution in [0.5, 0.6) is 0 Å². The summed E-state index contributed by atoms with van der Waals surface area (Å²) in [5, 5.41) is 3.29. The molecule has 3 rings (SSSR count). The Balaban J connectivity index is 1.68. The lowest BCUT2D eigenvalue weighted by atomic mass is 10.2. The molecule has 0 unspecified atom stereocenters. The third-order valence-corrected chi connectivity index (χ3v) is 4.32. The average molecular weight is 380 g/mol. The summed E-state index contributed by atoms with van der Waals surface area (Å²) in [6, 6.07) is 10.5. The third kappa shape index (κ3) is 4.94. The number of halogens is 1. The normalized spacial score (nSPS) is 11.5. The maximum absolute atomic E-state index is 13.1. The van der Waals surface area contributed by atoms with Crippen LogP contribution in [0, 0.1) is 12.7 Å². The van der Waals surface area contributed by atoms with Crippen molar-refractivity contribution in [3.05, 3.63) is 77.8 Å². The maximum Gasteiger partial charge on any atom is 0.194 e. The molecule has 0 atom stereocenters. The van der Waals surface area contributed by atoms with Crippen molar-refractivity contribution in [2.75, 3.05) is 13.6 Å². The lowest BCUT2D eigenvalue weighted by molar-refractivity contribution is 0.476. The first-order chi connectivity index (χ1) is 13.6. The summed E-state index contributed by atoms with van der Waals surface area (Å²) in [5.74, 6) is 2.30. The van der Waals surface area contributed by atoms with Crippen LogP contribution in [-0.2, 0) is 13.1 Å². The van der Waals surface area contributed by atoms with E-state index >= 15 is 0 Å². The fraction of sp³-hybridized carbons (Fsp3) is 0.286. The van der Waals surface area contributed by atoms with E-state index in [1.165, 1.54) is 12.1 Å². The van der Waals surface area contributed by atoms with Gasteiger partial charge in [-0.15, -0.1) is 0 Å². The minimum Gasteiger partial charge on any atom is -0.357 e. The van der Waals surface area contributed by atoms with Gasteiger partial charge in [-0.2, -0.15) is 0 Å². The van der Waals surface area contributed by atoms with Gasteiger partial charge in [-0.1, -0.05) is 18.2 Å². The Labute approximate surface area is 164 Å². The quantitative estimate of drug-likeness (QED) is 0.527. The number of hydrogen-bond acceptors (Lipinski definition) is 3. The average Bonchev–Trinajstić information content (AvgIpc) is 3.13. The Morgan fingerprint density at radius 1 is 1.14 bits per heavy atom. The van der Waals surface area contributed by atoms with Crippen LogP contribution in [0.3, 0.4) is 0 Å². The van der Waals surface area contributed by atoms with Crippen LogP contribution >= 0.6 is 0 Å². The van der Waals surface area contributed by atoms with Gasteiger partial charge in [-0.25, -0.2) is 19.4 Å². The smallest absolute Gasteiger partial charge is 0.194 e. The van der Waals surface area contributed by atoms with E-state index in [4.69, 9.17) is 4.99 Å². The van der Waals surface area contributed by atoms with Crippen molar-refractivity contribution in [2.45, 2.75) is 26.9 Å². The van der Waals surface area contributed by atoms with Crippen LogP contribution in [0.15, 0.2) is 60.0 Å². The van der Waals surface area contributed by atoms with Gasteiger partial charge in [0.05, 0.1) is 6.54 Å². The van der Waals surface area contributed by atoms with E-state index in [0.717, 1.165) is 35.3 Å². The molecular weight excluding hydrogens is 355 g/mol. The zero-order chi connectivity index (χ0) is 19.9. The fourth-order valence-corrected chi connectivity index (χ4v) is 2.85.